The van der Waals surface area contributed by atoms with Gasteiger partial charge < -0.3 is 25.7 Å². The zero-order valence-electron chi connectivity index (χ0n) is 10.0. The maximum Gasteiger partial charge on any atom is 4.00 e. The van der Waals surface area contributed by atoms with Crippen molar-refractivity contribution in [2.75, 3.05) is 0 Å². The Morgan fingerprint density at radius 3 is 0.846 bits per heavy atom. The van der Waals surface area contributed by atoms with Gasteiger partial charge in [-0.25, -0.2) is 12.8 Å². The van der Waals surface area contributed by atoms with Gasteiger partial charge in [-0.05, 0) is 0 Å². The molecular weight excluding hydrogens is 339 g/mol. The van der Waals surface area contributed by atoms with Crippen LogP contribution in [0.4, 0.5) is 0 Å². The van der Waals surface area contributed by atoms with E-state index in [2.05, 4.69) is 26.7 Å². The first-order chi connectivity index (χ1) is 5.74. The molecule has 0 radical (unpaired) electrons. The Morgan fingerprint density at radius 1 is 0.615 bits per heavy atom. The molecule has 1 heteroatoms. The molecule has 0 bridgehead atoms. The van der Waals surface area contributed by atoms with E-state index in [4.69, 9.17) is 0 Å². The molecule has 0 aliphatic rings. The molecular formula is C12H26Pt. The Kier molecular flexibility index (Phi) is 70.0. The van der Waals surface area contributed by atoms with Gasteiger partial charge in [0.25, 0.3) is 0 Å². The van der Waals surface area contributed by atoms with E-state index in [-0.39, 0.29) is 21.1 Å². The van der Waals surface area contributed by atoms with Gasteiger partial charge in [0.1, 0.15) is 0 Å². The summed E-state index contributed by atoms with van der Waals surface area (Å²) >= 11 is 0. The summed E-state index contributed by atoms with van der Waals surface area (Å²) in [5.41, 5.74) is 0. The molecule has 0 nitrogen and oxygen atoms in total. The Balaban J connectivity index is -0.0000000501. The van der Waals surface area contributed by atoms with E-state index in [1.165, 1.54) is 12.8 Å². The predicted octanol–water partition coefficient (Wildman–Crippen LogP) is 4.67. The largest absolute Gasteiger partial charge is 4.00 e. The average Bonchev–Trinajstić information content (AvgIpc) is 2.04. The molecule has 0 unspecified atom stereocenters. The second kappa shape index (κ2) is 38.8. The minimum atomic E-state index is 0. The van der Waals surface area contributed by atoms with Crippen LogP contribution in [0.15, 0.2) is 0 Å². The van der Waals surface area contributed by atoms with Crippen LogP contribution in [0.3, 0.4) is 0 Å². The molecule has 0 saturated heterocycles. The smallest absolute Gasteiger partial charge is 0.335 e. The SMILES string of the molecule is C[CH-]C.C[CH-]C.C[CH-]CC[CH-]C.[Pt+4]. The molecule has 0 aliphatic carbocycles. The van der Waals surface area contributed by atoms with Crippen LogP contribution in [0.5, 0.6) is 0 Å². The number of hydrogen-bond acceptors (Lipinski definition) is 0. The molecule has 0 saturated carbocycles. The zero-order chi connectivity index (χ0) is 10.2. The number of unbranched alkanes of at least 4 members (excludes halogenated alkanes) is 3. The predicted molar refractivity (Wildman–Crippen MR) is 60.5 cm³/mol. The molecule has 0 N–H and O–H groups in total. The quantitative estimate of drug-likeness (QED) is 0.503. The fourth-order valence-electron chi connectivity index (χ4n) is 0.333. The van der Waals surface area contributed by atoms with E-state index in [0.717, 1.165) is 0 Å². The van der Waals surface area contributed by atoms with Crippen molar-refractivity contribution in [3.05, 3.63) is 25.7 Å². The topological polar surface area (TPSA) is 0 Å². The maximum atomic E-state index is 2.18. The van der Waals surface area contributed by atoms with Crippen molar-refractivity contribution in [3.63, 3.8) is 0 Å². The van der Waals surface area contributed by atoms with E-state index >= 15 is 0 Å². The van der Waals surface area contributed by atoms with Gasteiger partial charge in [-0.2, -0.15) is 41.5 Å². The summed E-state index contributed by atoms with van der Waals surface area (Å²) in [6.07, 6.45) is 10.8. The van der Waals surface area contributed by atoms with Crippen LogP contribution in [-0.2, 0) is 21.1 Å². The summed E-state index contributed by atoms with van der Waals surface area (Å²) in [6.45, 7) is 12.2. The standard InChI is InChI=1S/C6H12.2C3H7.Pt/c1-3-5-6-4-2;2*1-3-2;/h3-4H,5-6H2,1-2H3;2*3H,1-2H3;/q-2;2*-1;+4. The zero-order valence-corrected chi connectivity index (χ0v) is 12.3. The normalized spacial score (nSPS) is 6.92. The second-order valence-corrected chi connectivity index (χ2v) is 2.55. The van der Waals surface area contributed by atoms with Gasteiger partial charge in [0.05, 0.1) is 0 Å². The van der Waals surface area contributed by atoms with Crippen LogP contribution in [0, 0.1) is 25.7 Å². The Labute approximate surface area is 101 Å². The Hall–Kier alpha value is 0.688. The molecule has 0 aromatic carbocycles. The van der Waals surface area contributed by atoms with Crippen molar-refractivity contribution in [2.45, 2.75) is 54.4 Å². The third kappa shape index (κ3) is 107. The first-order valence-corrected chi connectivity index (χ1v) is 4.78. The molecule has 84 valence electrons. The van der Waals surface area contributed by atoms with Crippen molar-refractivity contribution in [3.8, 4) is 0 Å². The molecule has 0 rings (SSSR count). The Morgan fingerprint density at radius 2 is 0.769 bits per heavy atom. The monoisotopic (exact) mass is 365 g/mol. The number of hydrogen-bond donors (Lipinski definition) is 0. The first-order valence-electron chi connectivity index (χ1n) is 4.78. The maximum absolute atomic E-state index is 2.18. The average molecular weight is 365 g/mol. The van der Waals surface area contributed by atoms with Gasteiger partial charge in [0.15, 0.2) is 0 Å². The molecule has 0 amide bonds. The minimum absolute atomic E-state index is 0. The molecule has 0 spiro atoms. The number of rotatable bonds is 3. The third-order valence-electron chi connectivity index (χ3n) is 0.744. The molecule has 0 fully saturated rings. The van der Waals surface area contributed by atoms with Crippen LogP contribution in [0.25, 0.3) is 0 Å². The molecule has 0 aromatic rings. The Bertz CT molecular complexity index is 30.1. The van der Waals surface area contributed by atoms with Crippen LogP contribution in [0.2, 0.25) is 0 Å². The second-order valence-electron chi connectivity index (χ2n) is 2.55. The van der Waals surface area contributed by atoms with E-state index in [1.54, 1.807) is 0 Å². The first kappa shape index (κ1) is 23.5. The molecule has 0 aromatic heterocycles. The van der Waals surface area contributed by atoms with Gasteiger partial charge in [-0.3, -0.25) is 0 Å². The molecule has 0 heterocycles. The van der Waals surface area contributed by atoms with Crippen LogP contribution >= 0.6 is 0 Å². The fraction of sp³-hybridized carbons (Fsp3) is 0.667. The van der Waals surface area contributed by atoms with Crippen LogP contribution in [0.1, 0.15) is 54.4 Å². The van der Waals surface area contributed by atoms with Crippen molar-refractivity contribution in [2.24, 2.45) is 0 Å². The summed E-state index contributed by atoms with van der Waals surface area (Å²) < 4.78 is 0. The summed E-state index contributed by atoms with van der Waals surface area (Å²) in [6, 6.07) is 0. The van der Waals surface area contributed by atoms with E-state index in [1.807, 2.05) is 40.5 Å². The van der Waals surface area contributed by atoms with Crippen molar-refractivity contribution >= 4 is 0 Å². The van der Waals surface area contributed by atoms with Gasteiger partial charge in [0, 0.05) is 0 Å². The molecule has 13 heavy (non-hydrogen) atoms. The van der Waals surface area contributed by atoms with Crippen molar-refractivity contribution < 1.29 is 21.1 Å². The molecule has 0 atom stereocenters. The van der Waals surface area contributed by atoms with Gasteiger partial charge in [-0.15, -0.1) is 0 Å². The summed E-state index contributed by atoms with van der Waals surface area (Å²) in [7, 11) is 0. The van der Waals surface area contributed by atoms with Crippen molar-refractivity contribution in [1.82, 2.24) is 0 Å². The van der Waals surface area contributed by atoms with Crippen LogP contribution in [-0.4, -0.2) is 0 Å². The van der Waals surface area contributed by atoms with E-state index in [9.17, 15) is 0 Å². The fourth-order valence-corrected chi connectivity index (χ4v) is 0.333. The summed E-state index contributed by atoms with van der Waals surface area (Å²) in [5, 5.41) is 0. The van der Waals surface area contributed by atoms with Gasteiger partial charge >= 0.3 is 21.1 Å². The minimum Gasteiger partial charge on any atom is -0.335 e. The van der Waals surface area contributed by atoms with Crippen molar-refractivity contribution in [1.29, 1.82) is 0 Å². The van der Waals surface area contributed by atoms with Gasteiger partial charge in [-0.1, -0.05) is 0 Å². The summed E-state index contributed by atoms with van der Waals surface area (Å²) in [5.74, 6) is 0. The van der Waals surface area contributed by atoms with E-state index < -0.39 is 0 Å². The van der Waals surface area contributed by atoms with Gasteiger partial charge in [0.2, 0.25) is 0 Å². The van der Waals surface area contributed by atoms with Crippen LogP contribution < -0.4 is 0 Å². The van der Waals surface area contributed by atoms with E-state index in [0.29, 0.717) is 0 Å². The third-order valence-corrected chi connectivity index (χ3v) is 0.744. The molecule has 0 aliphatic heterocycles. The summed E-state index contributed by atoms with van der Waals surface area (Å²) in [4.78, 5) is 0.